The van der Waals surface area contributed by atoms with Crippen molar-refractivity contribution >= 4 is 23.4 Å². The van der Waals surface area contributed by atoms with Gasteiger partial charge in [0.2, 0.25) is 5.91 Å². The third-order valence-corrected chi connectivity index (χ3v) is 2.96. The van der Waals surface area contributed by atoms with Crippen LogP contribution in [0.15, 0.2) is 30.5 Å². The smallest absolute Gasteiger partial charge is 0.331 e. The summed E-state index contributed by atoms with van der Waals surface area (Å²) in [6.45, 7) is -0.277. The lowest BCUT2D eigenvalue weighted by Gasteiger charge is -2.10. The number of hydrogen-bond acceptors (Lipinski definition) is 4. The van der Waals surface area contributed by atoms with Gasteiger partial charge < -0.3 is 10.2 Å². The fourth-order valence-corrected chi connectivity index (χ4v) is 1.78. The third kappa shape index (κ3) is 5.19. The summed E-state index contributed by atoms with van der Waals surface area (Å²) in [5, 5.41) is 12.1. The molecule has 0 saturated carbocycles. The van der Waals surface area contributed by atoms with Gasteiger partial charge in [-0.15, -0.1) is 5.10 Å². The highest BCUT2D eigenvalue weighted by molar-refractivity contribution is 5.91. The third-order valence-electron chi connectivity index (χ3n) is 2.96. The molecule has 2 aromatic rings. The molecule has 1 heterocycles. The van der Waals surface area contributed by atoms with Crippen LogP contribution in [-0.2, 0) is 17.5 Å². The quantitative estimate of drug-likeness (QED) is 0.877. The lowest BCUT2D eigenvalue weighted by molar-refractivity contribution is -0.137. The molecule has 0 saturated heterocycles. The Morgan fingerprint density at radius 1 is 1.24 bits per heavy atom. The average Bonchev–Trinajstić information content (AvgIpc) is 2.93. The Bertz CT molecular complexity index is 772. The molecule has 8 nitrogen and oxygen atoms in total. The molecule has 0 bridgehead atoms. The summed E-state index contributed by atoms with van der Waals surface area (Å²) in [5.74, 6) is -0.444. The van der Waals surface area contributed by atoms with E-state index in [0.717, 1.165) is 16.8 Å². The number of nitrogens with zero attached hydrogens (tertiary/aromatic N) is 4. The maximum absolute atomic E-state index is 12.6. The molecule has 0 unspecified atom stereocenters. The largest absolute Gasteiger partial charge is 0.416 e. The lowest BCUT2D eigenvalue weighted by Crippen LogP contribution is -2.27. The van der Waals surface area contributed by atoms with Gasteiger partial charge in [-0.3, -0.25) is 10.1 Å². The Labute approximate surface area is 140 Å². The van der Waals surface area contributed by atoms with Crippen LogP contribution in [0.4, 0.5) is 29.5 Å². The summed E-state index contributed by atoms with van der Waals surface area (Å²) in [7, 11) is 3.09. The highest BCUT2D eigenvalue weighted by Crippen LogP contribution is 2.30. The first kappa shape index (κ1) is 18.2. The number of amides is 3. The number of carbonyl (C=O) groups excluding carboxylic acids is 2. The van der Waals surface area contributed by atoms with Gasteiger partial charge in [0.15, 0.2) is 5.82 Å². The highest BCUT2D eigenvalue weighted by atomic mass is 19.4. The molecule has 0 radical (unpaired) electrons. The van der Waals surface area contributed by atoms with E-state index in [4.69, 9.17) is 0 Å². The molecule has 0 aliphatic heterocycles. The van der Waals surface area contributed by atoms with Crippen LogP contribution >= 0.6 is 0 Å². The molecule has 134 valence electrons. The van der Waals surface area contributed by atoms with Crippen molar-refractivity contribution in [3.8, 4) is 0 Å². The normalized spacial score (nSPS) is 11.1. The van der Waals surface area contributed by atoms with Crippen molar-refractivity contribution in [2.75, 3.05) is 24.7 Å². The van der Waals surface area contributed by atoms with Gasteiger partial charge in [0.05, 0.1) is 11.8 Å². The number of rotatable bonds is 4. The topological polar surface area (TPSA) is 92.2 Å². The van der Waals surface area contributed by atoms with Crippen molar-refractivity contribution in [1.82, 2.24) is 19.9 Å². The van der Waals surface area contributed by atoms with E-state index in [9.17, 15) is 22.8 Å². The van der Waals surface area contributed by atoms with Gasteiger partial charge in [-0.1, -0.05) is 11.3 Å². The molecule has 25 heavy (non-hydrogen) atoms. The van der Waals surface area contributed by atoms with Crippen LogP contribution in [0.2, 0.25) is 0 Å². The number of urea groups is 1. The van der Waals surface area contributed by atoms with Crippen molar-refractivity contribution in [3.05, 3.63) is 36.0 Å². The van der Waals surface area contributed by atoms with Crippen molar-refractivity contribution in [1.29, 1.82) is 0 Å². The number of benzene rings is 1. The first-order valence-corrected chi connectivity index (χ1v) is 7.00. The maximum Gasteiger partial charge on any atom is 0.416 e. The van der Waals surface area contributed by atoms with Crippen LogP contribution in [0.3, 0.4) is 0 Å². The van der Waals surface area contributed by atoms with Crippen LogP contribution in [0.5, 0.6) is 0 Å². The SMILES string of the molecule is CN(C)C(=O)Nc1cn(CC(=O)Nc2cccc(C(F)(F)F)c2)nn1. The number of alkyl halides is 3. The molecule has 1 aromatic heterocycles. The van der Waals surface area contributed by atoms with Crippen molar-refractivity contribution in [2.24, 2.45) is 0 Å². The van der Waals surface area contributed by atoms with E-state index < -0.39 is 23.7 Å². The van der Waals surface area contributed by atoms with Crippen molar-refractivity contribution in [3.63, 3.8) is 0 Å². The molecule has 0 fully saturated rings. The number of carbonyl (C=O) groups is 2. The van der Waals surface area contributed by atoms with E-state index in [1.807, 2.05) is 0 Å². The monoisotopic (exact) mass is 356 g/mol. The van der Waals surface area contributed by atoms with Crippen molar-refractivity contribution < 1.29 is 22.8 Å². The van der Waals surface area contributed by atoms with E-state index >= 15 is 0 Å². The van der Waals surface area contributed by atoms with Gasteiger partial charge in [0.1, 0.15) is 6.54 Å². The van der Waals surface area contributed by atoms with Crippen LogP contribution < -0.4 is 10.6 Å². The van der Waals surface area contributed by atoms with Crippen LogP contribution in [0.25, 0.3) is 0 Å². The second-order valence-electron chi connectivity index (χ2n) is 5.25. The minimum Gasteiger partial charge on any atom is -0.331 e. The predicted octanol–water partition coefficient (Wildman–Crippen LogP) is 2.03. The zero-order valence-electron chi connectivity index (χ0n) is 13.3. The summed E-state index contributed by atoms with van der Waals surface area (Å²) < 4.78 is 39.1. The van der Waals surface area contributed by atoms with E-state index in [-0.39, 0.29) is 18.1 Å². The molecule has 3 amide bonds. The summed E-state index contributed by atoms with van der Waals surface area (Å²) in [6.07, 6.45) is -3.17. The number of hydrogen-bond donors (Lipinski definition) is 2. The molecule has 0 atom stereocenters. The molecule has 2 rings (SSSR count). The first-order chi connectivity index (χ1) is 11.6. The molecular weight excluding hydrogens is 341 g/mol. The maximum atomic E-state index is 12.6. The van der Waals surface area contributed by atoms with Crippen LogP contribution in [0, 0.1) is 0 Å². The molecule has 2 N–H and O–H groups in total. The number of nitrogens with one attached hydrogen (secondary N) is 2. The molecule has 0 spiro atoms. The van der Waals surface area contributed by atoms with Gasteiger partial charge in [0.25, 0.3) is 0 Å². The van der Waals surface area contributed by atoms with Crippen molar-refractivity contribution in [2.45, 2.75) is 12.7 Å². The predicted molar refractivity (Wildman–Crippen MR) is 82.8 cm³/mol. The Kier molecular flexibility index (Phi) is 5.25. The van der Waals surface area contributed by atoms with E-state index in [2.05, 4.69) is 20.9 Å². The minimum absolute atomic E-state index is 0.0149. The van der Waals surface area contributed by atoms with E-state index in [1.165, 1.54) is 23.2 Å². The highest BCUT2D eigenvalue weighted by Gasteiger charge is 2.30. The van der Waals surface area contributed by atoms with E-state index in [1.54, 1.807) is 14.1 Å². The minimum atomic E-state index is -4.49. The summed E-state index contributed by atoms with van der Waals surface area (Å²) in [6, 6.07) is 3.87. The Morgan fingerprint density at radius 3 is 2.60 bits per heavy atom. The fourth-order valence-electron chi connectivity index (χ4n) is 1.78. The van der Waals surface area contributed by atoms with Crippen LogP contribution in [-0.4, -0.2) is 45.9 Å². The molecule has 1 aromatic carbocycles. The van der Waals surface area contributed by atoms with E-state index in [0.29, 0.717) is 0 Å². The zero-order chi connectivity index (χ0) is 18.6. The van der Waals surface area contributed by atoms with Gasteiger partial charge in [-0.2, -0.15) is 13.2 Å². The zero-order valence-corrected chi connectivity index (χ0v) is 13.3. The average molecular weight is 356 g/mol. The molecule has 11 heteroatoms. The Balaban J connectivity index is 1.97. The number of aromatic nitrogens is 3. The summed E-state index contributed by atoms with van der Waals surface area (Å²) in [4.78, 5) is 24.7. The fraction of sp³-hybridized carbons (Fsp3) is 0.286. The van der Waals surface area contributed by atoms with Gasteiger partial charge >= 0.3 is 12.2 Å². The molecule has 0 aliphatic carbocycles. The summed E-state index contributed by atoms with van der Waals surface area (Å²) in [5.41, 5.74) is -0.846. The summed E-state index contributed by atoms with van der Waals surface area (Å²) >= 11 is 0. The van der Waals surface area contributed by atoms with Gasteiger partial charge in [-0.05, 0) is 18.2 Å². The standard InChI is InChI=1S/C14H15F3N6O2/c1-22(2)13(25)19-11-7-23(21-20-11)8-12(24)18-10-5-3-4-9(6-10)14(15,16)17/h3-7H,8H2,1-2H3,(H,18,24)(H,19,25). The number of anilines is 2. The molecular formula is C14H15F3N6O2. The molecule has 0 aliphatic rings. The second kappa shape index (κ2) is 7.20. The van der Waals surface area contributed by atoms with Gasteiger partial charge in [-0.25, -0.2) is 9.48 Å². The Morgan fingerprint density at radius 2 is 1.96 bits per heavy atom. The Hall–Kier alpha value is -3.11. The number of halogens is 3. The lowest BCUT2D eigenvalue weighted by atomic mass is 10.2. The van der Waals surface area contributed by atoms with Crippen LogP contribution in [0.1, 0.15) is 5.56 Å². The first-order valence-electron chi connectivity index (χ1n) is 7.00. The van der Waals surface area contributed by atoms with Gasteiger partial charge in [0, 0.05) is 19.8 Å². The second-order valence-corrected chi connectivity index (χ2v) is 5.25.